The van der Waals surface area contributed by atoms with E-state index in [2.05, 4.69) is 9.71 Å². The van der Waals surface area contributed by atoms with E-state index in [9.17, 15) is 30.0 Å². The van der Waals surface area contributed by atoms with Crippen LogP contribution in [0.25, 0.3) is 0 Å². The van der Waals surface area contributed by atoms with Crippen LogP contribution in [0.4, 0.5) is 18.9 Å². The third-order valence-corrected chi connectivity index (χ3v) is 10.9. The van der Waals surface area contributed by atoms with Gasteiger partial charge in [-0.2, -0.15) is 13.2 Å². The Morgan fingerprint density at radius 3 is 2.26 bits per heavy atom. The number of halogens is 3. The van der Waals surface area contributed by atoms with Gasteiger partial charge in [0.25, 0.3) is 10.0 Å². The van der Waals surface area contributed by atoms with E-state index >= 15 is 0 Å². The number of thiophene rings is 1. The van der Waals surface area contributed by atoms with Crippen molar-refractivity contribution in [1.29, 1.82) is 0 Å². The highest BCUT2D eigenvalue weighted by atomic mass is 32.2. The van der Waals surface area contributed by atoms with Crippen molar-refractivity contribution in [3.05, 3.63) is 106 Å². The van der Waals surface area contributed by atoms with Gasteiger partial charge in [0.15, 0.2) is 4.21 Å². The maximum atomic E-state index is 13.1. The maximum absolute atomic E-state index is 13.1. The van der Waals surface area contributed by atoms with Crippen molar-refractivity contribution in [2.24, 2.45) is 4.99 Å². The van der Waals surface area contributed by atoms with E-state index in [4.69, 9.17) is 0 Å². The summed E-state index contributed by atoms with van der Waals surface area (Å²) in [5.74, 6) is 0. The van der Waals surface area contributed by atoms with Gasteiger partial charge < -0.3 is 0 Å². The highest BCUT2D eigenvalue weighted by Gasteiger charge is 2.32. The molecule has 0 bridgehead atoms. The summed E-state index contributed by atoms with van der Waals surface area (Å²) >= 11 is 0.789. The van der Waals surface area contributed by atoms with Crippen LogP contribution < -0.4 is 4.72 Å². The van der Waals surface area contributed by atoms with Crippen LogP contribution in [0.1, 0.15) is 22.3 Å². The van der Waals surface area contributed by atoms with E-state index in [1.54, 1.807) is 30.3 Å². The summed E-state index contributed by atoms with van der Waals surface area (Å²) in [5, 5.41) is 1.40. The summed E-state index contributed by atoms with van der Waals surface area (Å²) in [6, 6.07) is 18.6. The second-order valence-electron chi connectivity index (χ2n) is 8.42. The minimum Gasteiger partial charge on any atom is -0.284 e. The number of fused-ring (bicyclic) bond motifs is 1. The number of nitrogens with one attached hydrogen (secondary N) is 1. The van der Waals surface area contributed by atoms with Crippen LogP contribution in [0.5, 0.6) is 0 Å². The van der Waals surface area contributed by atoms with Crippen molar-refractivity contribution in [3.63, 3.8) is 0 Å². The third-order valence-electron chi connectivity index (χ3n) is 5.93. The molecule has 2 heterocycles. The van der Waals surface area contributed by atoms with Crippen molar-refractivity contribution >= 4 is 42.6 Å². The largest absolute Gasteiger partial charge is 0.416 e. The number of sulfone groups is 1. The molecule has 0 fully saturated rings. The first kappa shape index (κ1) is 26.1. The standard InChI is InChI=1S/C26H19F3N2O4S3/c27-26(28,29)19-8-11-22-18(16-19)12-14-30-24(22)17-6-9-20(10-7-17)31-38(34,35)25-23(13-15-36-25)37(32,33)21-4-2-1-3-5-21/h1-11,13,15-16,31H,12,14H2. The van der Waals surface area contributed by atoms with Crippen molar-refractivity contribution in [3.8, 4) is 0 Å². The minimum atomic E-state index is -4.44. The van der Waals surface area contributed by atoms with Gasteiger partial charge in [0.05, 0.1) is 16.2 Å². The Labute approximate surface area is 221 Å². The lowest BCUT2D eigenvalue weighted by Crippen LogP contribution is -2.17. The van der Waals surface area contributed by atoms with E-state index in [0.717, 1.165) is 23.5 Å². The van der Waals surface area contributed by atoms with Crippen LogP contribution in [-0.2, 0) is 32.5 Å². The molecular formula is C26H19F3N2O4S3. The topological polar surface area (TPSA) is 92.7 Å². The summed E-state index contributed by atoms with van der Waals surface area (Å²) in [4.78, 5) is 4.14. The molecule has 1 aliphatic heterocycles. The quantitative estimate of drug-likeness (QED) is 0.314. The van der Waals surface area contributed by atoms with Gasteiger partial charge in [-0.3, -0.25) is 9.71 Å². The van der Waals surface area contributed by atoms with Gasteiger partial charge in [-0.15, -0.1) is 11.3 Å². The first-order chi connectivity index (χ1) is 18.0. The lowest BCUT2D eigenvalue weighted by atomic mass is 9.92. The molecule has 38 heavy (non-hydrogen) atoms. The molecule has 3 aromatic carbocycles. The Morgan fingerprint density at radius 1 is 0.868 bits per heavy atom. The fourth-order valence-electron chi connectivity index (χ4n) is 4.13. The van der Waals surface area contributed by atoms with Crippen LogP contribution in [0.3, 0.4) is 0 Å². The number of hydrogen-bond donors (Lipinski definition) is 1. The molecule has 0 saturated carbocycles. The maximum Gasteiger partial charge on any atom is 0.416 e. The molecular weight excluding hydrogens is 557 g/mol. The molecule has 1 aliphatic rings. The Morgan fingerprint density at radius 2 is 1.58 bits per heavy atom. The average Bonchev–Trinajstić information content (AvgIpc) is 3.41. The zero-order valence-electron chi connectivity index (χ0n) is 19.4. The second-order valence-corrected chi connectivity index (χ2v) is 13.1. The van der Waals surface area contributed by atoms with Gasteiger partial charge in [-0.05, 0) is 59.8 Å². The van der Waals surface area contributed by atoms with Gasteiger partial charge in [0, 0.05) is 23.4 Å². The molecule has 4 aromatic rings. The zero-order chi connectivity index (χ0) is 27.1. The molecule has 0 atom stereocenters. The van der Waals surface area contributed by atoms with E-state index < -0.39 is 31.6 Å². The SMILES string of the molecule is O=S(=O)(Nc1ccc(C2=NCCc3cc(C(F)(F)F)ccc32)cc1)c1sccc1S(=O)(=O)c1ccccc1. The molecule has 0 amide bonds. The molecule has 6 nitrogen and oxygen atoms in total. The van der Waals surface area contributed by atoms with Crippen LogP contribution in [-0.4, -0.2) is 29.1 Å². The van der Waals surface area contributed by atoms with Crippen molar-refractivity contribution in [2.45, 2.75) is 26.6 Å². The Hall–Kier alpha value is -3.48. The lowest BCUT2D eigenvalue weighted by molar-refractivity contribution is -0.137. The van der Waals surface area contributed by atoms with E-state index in [0.29, 0.717) is 35.4 Å². The minimum absolute atomic E-state index is 0.0184. The molecule has 0 spiro atoms. The molecule has 0 aliphatic carbocycles. The summed E-state index contributed by atoms with van der Waals surface area (Å²) in [5.41, 5.74) is 1.73. The molecule has 0 radical (unpaired) electrons. The van der Waals surface area contributed by atoms with E-state index in [-0.39, 0.29) is 19.7 Å². The summed E-state index contributed by atoms with van der Waals surface area (Å²) in [7, 11) is -8.30. The third kappa shape index (κ3) is 4.98. The molecule has 12 heteroatoms. The van der Waals surface area contributed by atoms with Crippen LogP contribution in [0.15, 0.2) is 103 Å². The number of benzene rings is 3. The fourth-order valence-corrected chi connectivity index (χ4v) is 8.77. The highest BCUT2D eigenvalue weighted by Crippen LogP contribution is 2.34. The van der Waals surface area contributed by atoms with Gasteiger partial charge in [0.2, 0.25) is 9.84 Å². The fraction of sp³-hybridized carbons (Fsp3) is 0.115. The van der Waals surface area contributed by atoms with Gasteiger partial charge in [-0.25, -0.2) is 16.8 Å². The van der Waals surface area contributed by atoms with E-state index in [1.165, 1.54) is 41.8 Å². The highest BCUT2D eigenvalue weighted by molar-refractivity contribution is 7.96. The number of aliphatic imine (C=N–C) groups is 1. The second kappa shape index (κ2) is 9.68. The van der Waals surface area contributed by atoms with Crippen molar-refractivity contribution in [1.82, 2.24) is 0 Å². The molecule has 196 valence electrons. The number of nitrogens with zero attached hydrogens (tertiary/aromatic N) is 1. The van der Waals surface area contributed by atoms with Crippen LogP contribution >= 0.6 is 11.3 Å². The normalized spacial score (nSPS) is 14.0. The summed E-state index contributed by atoms with van der Waals surface area (Å²) in [6.07, 6.45) is -4.05. The Kier molecular flexibility index (Phi) is 6.66. The van der Waals surface area contributed by atoms with Gasteiger partial charge in [-0.1, -0.05) is 36.4 Å². The lowest BCUT2D eigenvalue weighted by Gasteiger charge is -2.19. The first-order valence-corrected chi connectivity index (χ1v) is 15.1. The summed E-state index contributed by atoms with van der Waals surface area (Å²) < 4.78 is 93.8. The summed E-state index contributed by atoms with van der Waals surface area (Å²) in [6.45, 7) is 0.328. The number of alkyl halides is 3. The molecule has 5 rings (SSSR count). The number of sulfonamides is 1. The average molecular weight is 577 g/mol. The van der Waals surface area contributed by atoms with Gasteiger partial charge >= 0.3 is 6.18 Å². The Balaban J connectivity index is 1.40. The smallest absolute Gasteiger partial charge is 0.284 e. The first-order valence-electron chi connectivity index (χ1n) is 11.2. The zero-order valence-corrected chi connectivity index (χ0v) is 21.9. The molecule has 1 aromatic heterocycles. The molecule has 0 saturated heterocycles. The van der Waals surface area contributed by atoms with Crippen LogP contribution in [0.2, 0.25) is 0 Å². The molecule has 0 unspecified atom stereocenters. The molecule has 1 N–H and O–H groups in total. The predicted molar refractivity (Wildman–Crippen MR) is 139 cm³/mol. The predicted octanol–water partition coefficient (Wildman–Crippen LogP) is 5.79. The number of anilines is 1. The number of hydrogen-bond acceptors (Lipinski definition) is 6. The monoisotopic (exact) mass is 576 g/mol. The van der Waals surface area contributed by atoms with E-state index in [1.807, 2.05) is 0 Å². The number of rotatable bonds is 6. The van der Waals surface area contributed by atoms with Crippen LogP contribution in [0, 0.1) is 0 Å². The van der Waals surface area contributed by atoms with Crippen molar-refractivity contribution in [2.75, 3.05) is 11.3 Å². The van der Waals surface area contributed by atoms with Crippen molar-refractivity contribution < 1.29 is 30.0 Å². The van der Waals surface area contributed by atoms with Gasteiger partial charge in [0.1, 0.15) is 4.90 Å². The Bertz CT molecular complexity index is 1750.